The zero-order chi connectivity index (χ0) is 13.2. The molecule has 0 spiro atoms. The van der Waals surface area contributed by atoms with Crippen LogP contribution in [0.15, 0.2) is 18.3 Å². The molecule has 5 nitrogen and oxygen atoms in total. The van der Waals surface area contributed by atoms with Crippen molar-refractivity contribution >= 4 is 10.9 Å². The van der Waals surface area contributed by atoms with Gasteiger partial charge in [-0.05, 0) is 19.1 Å². The van der Waals surface area contributed by atoms with Gasteiger partial charge in [-0.25, -0.2) is 9.97 Å². The lowest BCUT2D eigenvalue weighted by molar-refractivity contribution is 0.141. The first-order chi connectivity index (χ1) is 9.26. The SMILES string of the molecule is Cc1ncc2cc(O[C@H]3CCOC3)c(C#N)cc2n1. The second-order valence-electron chi connectivity index (χ2n) is 4.54. The first kappa shape index (κ1) is 11.9. The van der Waals surface area contributed by atoms with Gasteiger partial charge in [0, 0.05) is 18.0 Å². The minimum absolute atomic E-state index is 0.0240. The first-order valence-corrected chi connectivity index (χ1v) is 6.18. The third-order valence-electron chi connectivity index (χ3n) is 3.10. The highest BCUT2D eigenvalue weighted by Gasteiger charge is 2.19. The van der Waals surface area contributed by atoms with Gasteiger partial charge in [-0.3, -0.25) is 0 Å². The molecule has 0 unspecified atom stereocenters. The molecule has 1 aliphatic heterocycles. The minimum atomic E-state index is 0.0240. The van der Waals surface area contributed by atoms with Crippen LogP contribution in [0.3, 0.4) is 0 Å². The summed E-state index contributed by atoms with van der Waals surface area (Å²) in [6.45, 7) is 3.11. The summed E-state index contributed by atoms with van der Waals surface area (Å²) < 4.78 is 11.1. The molecule has 0 radical (unpaired) electrons. The number of rotatable bonds is 2. The number of aromatic nitrogens is 2. The van der Waals surface area contributed by atoms with Crippen LogP contribution in [0.25, 0.3) is 10.9 Å². The number of ether oxygens (including phenoxy) is 2. The molecule has 1 saturated heterocycles. The van der Waals surface area contributed by atoms with Crippen LogP contribution in [-0.4, -0.2) is 29.3 Å². The van der Waals surface area contributed by atoms with E-state index >= 15 is 0 Å². The number of nitrogens with zero attached hydrogens (tertiary/aromatic N) is 3. The molecule has 96 valence electrons. The molecule has 1 atom stereocenters. The van der Waals surface area contributed by atoms with Crippen molar-refractivity contribution in [1.29, 1.82) is 5.26 Å². The highest BCUT2D eigenvalue weighted by molar-refractivity contribution is 5.81. The number of hydrogen-bond donors (Lipinski definition) is 0. The summed E-state index contributed by atoms with van der Waals surface area (Å²) in [5.41, 5.74) is 1.26. The normalized spacial score (nSPS) is 18.4. The molecule has 5 heteroatoms. The van der Waals surface area contributed by atoms with Crippen molar-refractivity contribution in [3.63, 3.8) is 0 Å². The fourth-order valence-electron chi connectivity index (χ4n) is 2.12. The smallest absolute Gasteiger partial charge is 0.138 e. The second kappa shape index (κ2) is 4.82. The van der Waals surface area contributed by atoms with Crippen molar-refractivity contribution in [3.05, 3.63) is 29.7 Å². The molecule has 1 aromatic carbocycles. The highest BCUT2D eigenvalue weighted by atomic mass is 16.5. The van der Waals surface area contributed by atoms with Crippen molar-refractivity contribution in [3.8, 4) is 11.8 Å². The predicted molar refractivity (Wildman–Crippen MR) is 68.8 cm³/mol. The summed E-state index contributed by atoms with van der Waals surface area (Å²) in [7, 11) is 0. The Balaban J connectivity index is 2.02. The van der Waals surface area contributed by atoms with Crippen molar-refractivity contribution in [2.45, 2.75) is 19.4 Å². The van der Waals surface area contributed by atoms with E-state index in [9.17, 15) is 5.26 Å². The molecule has 1 aliphatic rings. The van der Waals surface area contributed by atoms with Crippen LogP contribution in [0.2, 0.25) is 0 Å². The third-order valence-corrected chi connectivity index (χ3v) is 3.10. The standard InChI is InChI=1S/C14H13N3O2/c1-9-16-7-11-5-14(19-12-2-3-18-8-12)10(6-15)4-13(11)17-9/h4-5,7,12H,2-3,8H2,1H3/t12-/m0/s1. The van der Waals surface area contributed by atoms with Gasteiger partial charge in [0.05, 0.1) is 24.3 Å². The molecule has 19 heavy (non-hydrogen) atoms. The van der Waals surface area contributed by atoms with Crippen LogP contribution < -0.4 is 4.74 Å². The van der Waals surface area contributed by atoms with E-state index in [2.05, 4.69) is 16.0 Å². The Morgan fingerprint density at radius 2 is 2.37 bits per heavy atom. The number of benzene rings is 1. The molecule has 2 heterocycles. The molecule has 2 aromatic rings. The van der Waals surface area contributed by atoms with E-state index in [0.29, 0.717) is 30.4 Å². The topological polar surface area (TPSA) is 68.0 Å². The molecular formula is C14H13N3O2. The lowest BCUT2D eigenvalue weighted by Crippen LogP contribution is -2.16. The van der Waals surface area contributed by atoms with Crippen LogP contribution in [0.5, 0.6) is 5.75 Å². The Morgan fingerprint density at radius 3 is 3.11 bits per heavy atom. The predicted octanol–water partition coefficient (Wildman–Crippen LogP) is 1.98. The van der Waals surface area contributed by atoms with E-state index in [1.165, 1.54) is 0 Å². The molecule has 0 aliphatic carbocycles. The largest absolute Gasteiger partial charge is 0.487 e. The van der Waals surface area contributed by atoms with Crippen molar-refractivity contribution in [1.82, 2.24) is 9.97 Å². The third kappa shape index (κ3) is 2.35. The minimum Gasteiger partial charge on any atom is -0.487 e. The van der Waals surface area contributed by atoms with E-state index in [-0.39, 0.29) is 6.10 Å². The number of fused-ring (bicyclic) bond motifs is 1. The average Bonchev–Trinajstić information content (AvgIpc) is 2.91. The molecule has 0 bridgehead atoms. The molecule has 1 fully saturated rings. The average molecular weight is 255 g/mol. The summed E-state index contributed by atoms with van der Waals surface area (Å²) >= 11 is 0. The lowest BCUT2D eigenvalue weighted by Gasteiger charge is -2.13. The Morgan fingerprint density at radius 1 is 1.47 bits per heavy atom. The van der Waals surface area contributed by atoms with Crippen LogP contribution in [-0.2, 0) is 4.74 Å². The van der Waals surface area contributed by atoms with Gasteiger partial charge in [0.2, 0.25) is 0 Å². The molecule has 0 N–H and O–H groups in total. The van der Waals surface area contributed by atoms with Crippen molar-refractivity contribution in [2.75, 3.05) is 13.2 Å². The molecular weight excluding hydrogens is 242 g/mol. The van der Waals surface area contributed by atoms with Gasteiger partial charge in [0.25, 0.3) is 0 Å². The maximum Gasteiger partial charge on any atom is 0.138 e. The van der Waals surface area contributed by atoms with Crippen molar-refractivity contribution < 1.29 is 9.47 Å². The Labute approximate surface area is 110 Å². The second-order valence-corrected chi connectivity index (χ2v) is 4.54. The summed E-state index contributed by atoms with van der Waals surface area (Å²) in [6, 6.07) is 5.73. The van der Waals surface area contributed by atoms with E-state index in [0.717, 1.165) is 17.3 Å². The van der Waals surface area contributed by atoms with E-state index < -0.39 is 0 Å². The van der Waals surface area contributed by atoms with Gasteiger partial charge in [-0.2, -0.15) is 5.26 Å². The maximum atomic E-state index is 9.22. The fourth-order valence-corrected chi connectivity index (χ4v) is 2.12. The Bertz CT molecular complexity index is 658. The highest BCUT2D eigenvalue weighted by Crippen LogP contribution is 2.26. The first-order valence-electron chi connectivity index (χ1n) is 6.18. The summed E-state index contributed by atoms with van der Waals surface area (Å²) in [5.74, 6) is 1.27. The van der Waals surface area contributed by atoms with E-state index in [4.69, 9.17) is 9.47 Å². The molecule has 1 aromatic heterocycles. The van der Waals surface area contributed by atoms with Crippen LogP contribution in [0.1, 0.15) is 17.8 Å². The van der Waals surface area contributed by atoms with Crippen LogP contribution >= 0.6 is 0 Å². The van der Waals surface area contributed by atoms with Gasteiger partial charge >= 0.3 is 0 Å². The quantitative estimate of drug-likeness (QED) is 0.820. The molecule has 0 amide bonds. The summed E-state index contributed by atoms with van der Waals surface area (Å²) in [5, 5.41) is 10.1. The molecule has 3 rings (SSSR count). The van der Waals surface area contributed by atoms with Gasteiger partial charge in [-0.1, -0.05) is 0 Å². The van der Waals surface area contributed by atoms with Gasteiger partial charge in [0.15, 0.2) is 0 Å². The van der Waals surface area contributed by atoms with Gasteiger partial charge in [0.1, 0.15) is 23.7 Å². The fraction of sp³-hybridized carbons (Fsp3) is 0.357. The van der Waals surface area contributed by atoms with E-state index in [1.54, 1.807) is 12.3 Å². The number of aryl methyl sites for hydroxylation is 1. The van der Waals surface area contributed by atoms with Gasteiger partial charge in [-0.15, -0.1) is 0 Å². The van der Waals surface area contributed by atoms with Gasteiger partial charge < -0.3 is 9.47 Å². The zero-order valence-electron chi connectivity index (χ0n) is 10.6. The summed E-state index contributed by atoms with van der Waals surface area (Å²) in [6.07, 6.45) is 2.63. The van der Waals surface area contributed by atoms with Crippen LogP contribution in [0, 0.1) is 18.3 Å². The Kier molecular flexibility index (Phi) is 3.02. The van der Waals surface area contributed by atoms with Crippen molar-refractivity contribution in [2.24, 2.45) is 0 Å². The zero-order valence-corrected chi connectivity index (χ0v) is 10.6. The monoisotopic (exact) mass is 255 g/mol. The lowest BCUT2D eigenvalue weighted by atomic mass is 10.1. The maximum absolute atomic E-state index is 9.22. The van der Waals surface area contributed by atoms with Crippen LogP contribution in [0.4, 0.5) is 0 Å². The summed E-state index contributed by atoms with van der Waals surface area (Å²) in [4.78, 5) is 8.48. The Hall–Kier alpha value is -2.19. The van der Waals surface area contributed by atoms with E-state index in [1.807, 2.05) is 13.0 Å². The molecule has 0 saturated carbocycles. The number of nitriles is 1. The number of hydrogen-bond acceptors (Lipinski definition) is 5.